The number of nitrogens with zero attached hydrogens (tertiary/aromatic N) is 2. The Labute approximate surface area is 101 Å². The van der Waals surface area contributed by atoms with Gasteiger partial charge in [0, 0.05) is 5.92 Å². The summed E-state index contributed by atoms with van der Waals surface area (Å²) in [6, 6.07) is 0. The Balaban J connectivity index is 1.94. The number of carbonyl (C=O) groups is 1. The molecule has 0 unspecified atom stereocenters. The molecule has 0 saturated heterocycles. The predicted molar refractivity (Wildman–Crippen MR) is 56.5 cm³/mol. The lowest BCUT2D eigenvalue weighted by molar-refractivity contribution is -0.185. The third-order valence-corrected chi connectivity index (χ3v) is 3.16. The first-order valence-electron chi connectivity index (χ1n) is 5.70. The van der Waals surface area contributed by atoms with Crippen molar-refractivity contribution in [3.8, 4) is 0 Å². The third-order valence-electron chi connectivity index (χ3n) is 3.16. The highest BCUT2D eigenvalue weighted by molar-refractivity contribution is 5.90. The number of carbonyl (C=O) groups excluding carboxylic acids is 1. The molecular weight excluding hydrogens is 249 g/mol. The largest absolute Gasteiger partial charge is 0.391 e. The summed E-state index contributed by atoms with van der Waals surface area (Å²) in [6.07, 6.45) is -2.15. The number of hydrogen-bond acceptors (Lipinski definition) is 3. The van der Waals surface area contributed by atoms with Crippen molar-refractivity contribution < 1.29 is 18.0 Å². The molecule has 1 saturated carbocycles. The molecule has 2 N–H and O–H groups in total. The maximum atomic E-state index is 12.6. The zero-order valence-electron chi connectivity index (χ0n) is 9.50. The molecule has 5 nitrogen and oxygen atoms in total. The van der Waals surface area contributed by atoms with Crippen LogP contribution in [0, 0.1) is 11.8 Å². The van der Waals surface area contributed by atoms with Crippen LogP contribution in [0.5, 0.6) is 0 Å². The molecule has 0 radical (unpaired) electrons. The third kappa shape index (κ3) is 2.99. The van der Waals surface area contributed by atoms with E-state index in [0.29, 0.717) is 12.8 Å². The van der Waals surface area contributed by atoms with Gasteiger partial charge in [-0.05, 0) is 19.3 Å². The van der Waals surface area contributed by atoms with Crippen molar-refractivity contribution >= 4 is 11.9 Å². The molecule has 1 aliphatic rings. The van der Waals surface area contributed by atoms with Gasteiger partial charge in [0.15, 0.2) is 0 Å². The van der Waals surface area contributed by atoms with Crippen LogP contribution in [-0.2, 0) is 4.79 Å². The van der Waals surface area contributed by atoms with Gasteiger partial charge in [0.2, 0.25) is 11.9 Å². The van der Waals surface area contributed by atoms with E-state index in [4.69, 9.17) is 0 Å². The molecule has 1 amide bonds. The lowest BCUT2D eigenvalue weighted by Crippen LogP contribution is -2.34. The van der Waals surface area contributed by atoms with Crippen molar-refractivity contribution in [2.24, 2.45) is 11.8 Å². The number of halogens is 3. The van der Waals surface area contributed by atoms with Gasteiger partial charge in [-0.3, -0.25) is 10.1 Å². The van der Waals surface area contributed by atoms with Gasteiger partial charge in [-0.25, -0.2) is 5.10 Å². The highest BCUT2D eigenvalue weighted by Gasteiger charge is 2.43. The number of alkyl halides is 3. The number of rotatable bonds is 2. The van der Waals surface area contributed by atoms with E-state index in [0.717, 1.165) is 0 Å². The summed E-state index contributed by atoms with van der Waals surface area (Å²) in [5, 5.41) is 8.41. The van der Waals surface area contributed by atoms with E-state index < -0.39 is 23.9 Å². The Morgan fingerprint density at radius 3 is 2.83 bits per heavy atom. The van der Waals surface area contributed by atoms with Crippen LogP contribution in [0.3, 0.4) is 0 Å². The summed E-state index contributed by atoms with van der Waals surface area (Å²) in [4.78, 5) is 15.5. The van der Waals surface area contributed by atoms with Crippen molar-refractivity contribution in [2.45, 2.75) is 31.9 Å². The normalized spacial score (nSPS) is 24.8. The quantitative estimate of drug-likeness (QED) is 0.857. The lowest BCUT2D eigenvalue weighted by atomic mass is 9.80. The van der Waals surface area contributed by atoms with Crippen molar-refractivity contribution in [3.05, 3.63) is 6.33 Å². The van der Waals surface area contributed by atoms with Gasteiger partial charge >= 0.3 is 6.18 Å². The van der Waals surface area contributed by atoms with E-state index in [9.17, 15) is 18.0 Å². The number of aromatic nitrogens is 3. The number of amides is 1. The Bertz CT molecular complexity index is 404. The monoisotopic (exact) mass is 262 g/mol. The molecule has 2 rings (SSSR count). The maximum absolute atomic E-state index is 12.6. The second-order valence-electron chi connectivity index (χ2n) is 4.43. The molecule has 0 bridgehead atoms. The van der Waals surface area contributed by atoms with Gasteiger partial charge < -0.3 is 0 Å². The first kappa shape index (κ1) is 12.8. The maximum Gasteiger partial charge on any atom is 0.391 e. The van der Waals surface area contributed by atoms with E-state index in [1.54, 1.807) is 0 Å². The molecule has 0 aromatic carbocycles. The first-order chi connectivity index (χ1) is 8.47. The molecule has 100 valence electrons. The van der Waals surface area contributed by atoms with Gasteiger partial charge in [0.25, 0.3) is 0 Å². The number of hydrogen-bond donors (Lipinski definition) is 2. The second-order valence-corrected chi connectivity index (χ2v) is 4.43. The molecule has 2 atom stereocenters. The van der Waals surface area contributed by atoms with E-state index >= 15 is 0 Å². The van der Waals surface area contributed by atoms with Crippen LogP contribution in [0.4, 0.5) is 19.1 Å². The molecule has 8 heteroatoms. The number of aromatic amines is 1. The summed E-state index contributed by atoms with van der Waals surface area (Å²) in [7, 11) is 0. The highest BCUT2D eigenvalue weighted by atomic mass is 19.4. The van der Waals surface area contributed by atoms with Crippen molar-refractivity contribution in [3.63, 3.8) is 0 Å². The molecule has 1 heterocycles. The smallest absolute Gasteiger partial charge is 0.295 e. The van der Waals surface area contributed by atoms with Crippen molar-refractivity contribution in [2.75, 3.05) is 5.32 Å². The fourth-order valence-corrected chi connectivity index (χ4v) is 2.21. The molecule has 0 spiro atoms. The fourth-order valence-electron chi connectivity index (χ4n) is 2.21. The summed E-state index contributed by atoms with van der Waals surface area (Å²) < 4.78 is 37.8. The predicted octanol–water partition coefficient (Wildman–Crippen LogP) is 2.11. The van der Waals surface area contributed by atoms with E-state index in [1.807, 2.05) is 0 Å². The average molecular weight is 262 g/mol. The minimum atomic E-state index is -4.22. The molecular formula is C10H13F3N4O. The molecule has 1 aromatic rings. The minimum Gasteiger partial charge on any atom is -0.295 e. The molecule has 0 aliphatic heterocycles. The summed E-state index contributed by atoms with van der Waals surface area (Å²) in [6.45, 7) is 0. The van der Waals surface area contributed by atoms with Gasteiger partial charge in [-0.15, -0.1) is 0 Å². The Hall–Kier alpha value is -1.60. The van der Waals surface area contributed by atoms with Crippen LogP contribution in [0.15, 0.2) is 6.33 Å². The molecule has 1 aliphatic carbocycles. The summed E-state index contributed by atoms with van der Waals surface area (Å²) >= 11 is 0. The summed E-state index contributed by atoms with van der Waals surface area (Å²) in [5.74, 6) is -2.26. The van der Waals surface area contributed by atoms with Crippen molar-refractivity contribution in [1.82, 2.24) is 15.2 Å². The van der Waals surface area contributed by atoms with Gasteiger partial charge in [0.1, 0.15) is 6.33 Å². The number of H-pyrrole nitrogens is 1. The van der Waals surface area contributed by atoms with E-state index in [1.165, 1.54) is 6.33 Å². The number of anilines is 1. The fraction of sp³-hybridized carbons (Fsp3) is 0.700. The van der Waals surface area contributed by atoms with Crippen molar-refractivity contribution in [1.29, 1.82) is 0 Å². The van der Waals surface area contributed by atoms with Crippen LogP contribution in [0.1, 0.15) is 25.7 Å². The van der Waals surface area contributed by atoms with Crippen LogP contribution in [-0.4, -0.2) is 27.3 Å². The molecule has 1 aromatic heterocycles. The molecule has 1 fully saturated rings. The van der Waals surface area contributed by atoms with E-state index in [2.05, 4.69) is 20.5 Å². The van der Waals surface area contributed by atoms with Crippen LogP contribution >= 0.6 is 0 Å². The minimum absolute atomic E-state index is 0.107. The van der Waals surface area contributed by atoms with Crippen LogP contribution in [0.2, 0.25) is 0 Å². The SMILES string of the molecule is O=C(Nc1ncn[nH]1)[C@H]1CCC[C@H](C(F)(F)F)C1. The highest BCUT2D eigenvalue weighted by Crippen LogP contribution is 2.40. The zero-order chi connectivity index (χ0) is 13.2. The van der Waals surface area contributed by atoms with Crippen LogP contribution < -0.4 is 5.32 Å². The number of nitrogens with one attached hydrogen (secondary N) is 2. The summed E-state index contributed by atoms with van der Waals surface area (Å²) in [5.41, 5.74) is 0. The van der Waals surface area contributed by atoms with Gasteiger partial charge in [-0.1, -0.05) is 6.42 Å². The average Bonchev–Trinajstić information content (AvgIpc) is 2.81. The van der Waals surface area contributed by atoms with Gasteiger partial charge in [0.05, 0.1) is 5.92 Å². The van der Waals surface area contributed by atoms with E-state index in [-0.39, 0.29) is 18.8 Å². The standard InChI is InChI=1S/C10H13F3N4O/c11-10(12,13)7-3-1-2-6(4-7)8(18)16-9-14-5-15-17-9/h5-7H,1-4H2,(H2,14,15,16,17,18)/t6-,7-/m0/s1. The topological polar surface area (TPSA) is 70.7 Å². The molecule has 18 heavy (non-hydrogen) atoms. The second kappa shape index (κ2) is 4.95. The first-order valence-corrected chi connectivity index (χ1v) is 5.70. The zero-order valence-corrected chi connectivity index (χ0v) is 9.50. The van der Waals surface area contributed by atoms with Gasteiger partial charge in [-0.2, -0.15) is 23.3 Å². The Morgan fingerprint density at radius 1 is 1.44 bits per heavy atom. The lowest BCUT2D eigenvalue weighted by Gasteiger charge is -2.29. The Kier molecular flexibility index (Phi) is 3.53. The van der Waals surface area contributed by atoms with Crippen LogP contribution in [0.25, 0.3) is 0 Å². The Morgan fingerprint density at radius 2 is 2.22 bits per heavy atom.